The second kappa shape index (κ2) is 7.22. The Bertz CT molecular complexity index is 243. The third kappa shape index (κ3) is 4.61. The number of nitrogens with zero attached hydrogens (tertiary/aromatic N) is 1. The Hall–Kier alpha value is -1.10. The summed E-state index contributed by atoms with van der Waals surface area (Å²) in [6, 6.07) is 0. The summed E-state index contributed by atoms with van der Waals surface area (Å²) < 4.78 is 4.61. The maximum atomic E-state index is 11.8. The summed E-state index contributed by atoms with van der Waals surface area (Å²) in [5, 5.41) is 2.95. The fourth-order valence-electron chi connectivity index (χ4n) is 1.55. The maximum absolute atomic E-state index is 11.8. The number of nitrogens with one attached hydrogen (secondary N) is 1. The first-order chi connectivity index (χ1) is 7.43. The number of carbonyl (C=O) groups excluding carboxylic acids is 2. The lowest BCUT2D eigenvalue weighted by Crippen LogP contribution is -2.39. The average Bonchev–Trinajstić information content (AvgIpc) is 2.26. The van der Waals surface area contributed by atoms with Gasteiger partial charge in [-0.05, 0) is 7.05 Å². The number of rotatable bonds is 6. The highest BCUT2D eigenvalue weighted by atomic mass is 16.5. The molecule has 0 aliphatic rings. The van der Waals surface area contributed by atoms with E-state index < -0.39 is 0 Å². The number of carbonyl (C=O) groups is 2. The first-order valence-corrected chi connectivity index (χ1v) is 5.41. The highest BCUT2D eigenvalue weighted by Gasteiger charge is 2.21. The number of esters is 1. The van der Waals surface area contributed by atoms with Gasteiger partial charge in [-0.25, -0.2) is 0 Å². The minimum atomic E-state index is -0.291. The number of ether oxygens (including phenoxy) is 1. The Labute approximate surface area is 97.1 Å². The van der Waals surface area contributed by atoms with Gasteiger partial charge in [0.25, 0.3) is 0 Å². The smallest absolute Gasteiger partial charge is 0.310 e. The van der Waals surface area contributed by atoms with Crippen molar-refractivity contribution in [2.75, 3.05) is 34.3 Å². The fourth-order valence-corrected chi connectivity index (χ4v) is 1.55. The van der Waals surface area contributed by atoms with Crippen LogP contribution in [0.15, 0.2) is 0 Å². The van der Waals surface area contributed by atoms with E-state index in [9.17, 15) is 9.59 Å². The maximum Gasteiger partial charge on any atom is 0.310 e. The lowest BCUT2D eigenvalue weighted by molar-refractivity contribution is -0.146. The highest BCUT2D eigenvalue weighted by Crippen LogP contribution is 2.05. The molecule has 0 heterocycles. The summed E-state index contributed by atoms with van der Waals surface area (Å²) in [5.41, 5.74) is 0. The van der Waals surface area contributed by atoms with Gasteiger partial charge in [0.05, 0.1) is 13.0 Å². The molecule has 0 fully saturated rings. The van der Waals surface area contributed by atoms with Crippen LogP contribution < -0.4 is 5.32 Å². The molecule has 2 unspecified atom stereocenters. The van der Waals surface area contributed by atoms with Crippen molar-refractivity contribution in [2.24, 2.45) is 11.8 Å². The number of hydrogen-bond acceptors (Lipinski definition) is 4. The summed E-state index contributed by atoms with van der Waals surface area (Å²) >= 11 is 0. The third-order valence-electron chi connectivity index (χ3n) is 2.46. The molecule has 0 aromatic rings. The molecule has 0 rings (SSSR count). The van der Waals surface area contributed by atoms with Gasteiger partial charge in [-0.2, -0.15) is 0 Å². The molecular formula is C11H22N2O3. The number of amides is 1. The van der Waals surface area contributed by atoms with Crippen molar-refractivity contribution in [1.29, 1.82) is 0 Å². The molecule has 0 aliphatic heterocycles. The van der Waals surface area contributed by atoms with E-state index in [2.05, 4.69) is 10.1 Å². The van der Waals surface area contributed by atoms with Gasteiger partial charge in [0.1, 0.15) is 0 Å². The normalized spacial score (nSPS) is 14.1. The molecule has 0 bridgehead atoms. The van der Waals surface area contributed by atoms with Crippen molar-refractivity contribution < 1.29 is 14.3 Å². The molecule has 1 amide bonds. The highest BCUT2D eigenvalue weighted by molar-refractivity contribution is 5.79. The summed E-state index contributed by atoms with van der Waals surface area (Å²) in [4.78, 5) is 24.6. The van der Waals surface area contributed by atoms with E-state index in [0.29, 0.717) is 13.1 Å². The second-order valence-corrected chi connectivity index (χ2v) is 4.10. The lowest BCUT2D eigenvalue weighted by atomic mass is 10.1. The van der Waals surface area contributed by atoms with E-state index in [1.807, 2.05) is 6.92 Å². The zero-order valence-electron chi connectivity index (χ0n) is 10.7. The van der Waals surface area contributed by atoms with Gasteiger partial charge >= 0.3 is 5.97 Å². The Balaban J connectivity index is 4.19. The third-order valence-corrected chi connectivity index (χ3v) is 2.46. The molecule has 0 aromatic carbocycles. The molecule has 0 spiro atoms. The first-order valence-electron chi connectivity index (χ1n) is 5.41. The number of methoxy groups -OCH3 is 1. The average molecular weight is 230 g/mol. The lowest BCUT2D eigenvalue weighted by Gasteiger charge is -2.23. The molecule has 16 heavy (non-hydrogen) atoms. The SMILES string of the molecule is CNCC(C)C(=O)N(C)CC(C)C(=O)OC. The van der Waals surface area contributed by atoms with Crippen molar-refractivity contribution in [2.45, 2.75) is 13.8 Å². The zero-order valence-corrected chi connectivity index (χ0v) is 10.7. The van der Waals surface area contributed by atoms with Crippen LogP contribution >= 0.6 is 0 Å². The second-order valence-electron chi connectivity index (χ2n) is 4.10. The Morgan fingerprint density at radius 1 is 1.31 bits per heavy atom. The molecule has 0 aliphatic carbocycles. The molecule has 0 saturated heterocycles. The van der Waals surface area contributed by atoms with E-state index >= 15 is 0 Å². The van der Waals surface area contributed by atoms with Crippen molar-refractivity contribution in [3.05, 3.63) is 0 Å². The molecule has 0 saturated carbocycles. The minimum Gasteiger partial charge on any atom is -0.469 e. The summed E-state index contributed by atoms with van der Waals surface area (Å²) in [6.07, 6.45) is 0. The van der Waals surface area contributed by atoms with Crippen LogP contribution in [0.2, 0.25) is 0 Å². The van der Waals surface area contributed by atoms with Gasteiger partial charge in [0.2, 0.25) is 5.91 Å². The largest absolute Gasteiger partial charge is 0.469 e. The summed E-state index contributed by atoms with van der Waals surface area (Å²) in [7, 11) is 4.86. The molecule has 1 N–H and O–H groups in total. The van der Waals surface area contributed by atoms with Crippen LogP contribution in [0.25, 0.3) is 0 Å². The minimum absolute atomic E-state index is 0.0325. The quantitative estimate of drug-likeness (QED) is 0.658. The topological polar surface area (TPSA) is 58.6 Å². The van der Waals surface area contributed by atoms with Crippen molar-refractivity contribution in [1.82, 2.24) is 10.2 Å². The van der Waals surface area contributed by atoms with Crippen LogP contribution in [0, 0.1) is 11.8 Å². The van der Waals surface area contributed by atoms with Gasteiger partial charge in [-0.1, -0.05) is 13.8 Å². The molecule has 0 aromatic heterocycles. The van der Waals surface area contributed by atoms with Crippen LogP contribution in [0.4, 0.5) is 0 Å². The Morgan fingerprint density at radius 3 is 2.31 bits per heavy atom. The predicted octanol–water partition coefficient (Wildman–Crippen LogP) is 0.109. The summed E-state index contributed by atoms with van der Waals surface area (Å²) in [6.45, 7) is 4.63. The molecule has 5 nitrogen and oxygen atoms in total. The monoisotopic (exact) mass is 230 g/mol. The van der Waals surface area contributed by atoms with Crippen molar-refractivity contribution >= 4 is 11.9 Å². The molecular weight excluding hydrogens is 208 g/mol. The predicted molar refractivity (Wildman–Crippen MR) is 61.9 cm³/mol. The molecule has 2 atom stereocenters. The van der Waals surface area contributed by atoms with Gasteiger partial charge in [0.15, 0.2) is 0 Å². The Kier molecular flexibility index (Phi) is 6.72. The van der Waals surface area contributed by atoms with E-state index in [4.69, 9.17) is 0 Å². The van der Waals surface area contributed by atoms with Crippen LogP contribution in [0.3, 0.4) is 0 Å². The van der Waals surface area contributed by atoms with Crippen molar-refractivity contribution in [3.63, 3.8) is 0 Å². The van der Waals surface area contributed by atoms with Crippen LogP contribution in [-0.2, 0) is 14.3 Å². The van der Waals surface area contributed by atoms with E-state index in [1.54, 1.807) is 25.9 Å². The van der Waals surface area contributed by atoms with Gasteiger partial charge in [-0.15, -0.1) is 0 Å². The zero-order chi connectivity index (χ0) is 12.7. The number of hydrogen-bond donors (Lipinski definition) is 1. The van der Waals surface area contributed by atoms with E-state index in [1.165, 1.54) is 7.11 Å². The van der Waals surface area contributed by atoms with Crippen LogP contribution in [0.5, 0.6) is 0 Å². The van der Waals surface area contributed by atoms with Crippen molar-refractivity contribution in [3.8, 4) is 0 Å². The fraction of sp³-hybridized carbons (Fsp3) is 0.818. The Morgan fingerprint density at radius 2 is 1.88 bits per heavy atom. The van der Waals surface area contributed by atoms with E-state index in [-0.39, 0.29) is 23.7 Å². The van der Waals surface area contributed by atoms with E-state index in [0.717, 1.165) is 0 Å². The first kappa shape index (κ1) is 14.9. The van der Waals surface area contributed by atoms with Gasteiger partial charge in [-0.3, -0.25) is 9.59 Å². The van der Waals surface area contributed by atoms with Gasteiger partial charge in [0, 0.05) is 26.1 Å². The molecule has 0 radical (unpaired) electrons. The van der Waals surface area contributed by atoms with Crippen LogP contribution in [0.1, 0.15) is 13.8 Å². The summed E-state index contributed by atoms with van der Waals surface area (Å²) in [5.74, 6) is -0.633. The molecule has 94 valence electrons. The molecule has 5 heteroatoms. The van der Waals surface area contributed by atoms with Crippen LogP contribution in [-0.4, -0.2) is 51.1 Å². The van der Waals surface area contributed by atoms with Gasteiger partial charge < -0.3 is 15.0 Å². The standard InChI is InChI=1S/C11H22N2O3/c1-8(6-12-3)10(14)13(4)7-9(2)11(15)16-5/h8-9,12H,6-7H2,1-5H3.